The number of benzene rings is 1. The number of hydrogen-bond donors (Lipinski definition) is 0. The Hall–Kier alpha value is -3.33. The molecule has 0 bridgehead atoms. The second kappa shape index (κ2) is 7.79. The summed E-state index contributed by atoms with van der Waals surface area (Å²) in [5, 5.41) is 9.17. The molecule has 0 fully saturated rings. The van der Waals surface area contributed by atoms with Gasteiger partial charge >= 0.3 is 5.97 Å². The molecule has 0 radical (unpaired) electrons. The van der Waals surface area contributed by atoms with E-state index in [2.05, 4.69) is 0 Å². The van der Waals surface area contributed by atoms with Crippen LogP contribution >= 0.6 is 0 Å². The maximum atomic E-state index is 12.3. The van der Waals surface area contributed by atoms with Gasteiger partial charge in [-0.05, 0) is 12.1 Å². The fourth-order valence-electron chi connectivity index (χ4n) is 1.95. The summed E-state index contributed by atoms with van der Waals surface area (Å²) < 4.78 is 10.4. The van der Waals surface area contributed by atoms with Crippen LogP contribution in [0, 0.1) is 11.3 Å². The Morgan fingerprint density at radius 1 is 1.21 bits per heavy atom. The van der Waals surface area contributed by atoms with Gasteiger partial charge in [-0.3, -0.25) is 4.79 Å². The van der Waals surface area contributed by atoms with E-state index in [0.29, 0.717) is 11.3 Å². The molecule has 0 saturated heterocycles. The number of likely N-dealkylation sites (N-methyl/N-ethyl adjacent to an activating group) is 1. The number of carbonyl (C=O) groups excluding carboxylic acids is 2. The quantitative estimate of drug-likeness (QED) is 0.479. The van der Waals surface area contributed by atoms with Crippen LogP contribution in [-0.4, -0.2) is 30.9 Å². The minimum Gasteiger partial charge on any atom is -0.465 e. The SMILES string of the molecule is CN(C)C(=O)[C@H](OC(=O)/C(C#N)=C/c1ccco1)c1ccccc1. The number of esters is 1. The van der Waals surface area contributed by atoms with Crippen LogP contribution in [0.5, 0.6) is 0 Å². The number of ether oxygens (including phenoxy) is 1. The van der Waals surface area contributed by atoms with E-state index in [0.717, 1.165) is 0 Å². The summed E-state index contributed by atoms with van der Waals surface area (Å²) in [5.41, 5.74) is 0.275. The van der Waals surface area contributed by atoms with Crippen LogP contribution in [0.4, 0.5) is 0 Å². The number of amides is 1. The van der Waals surface area contributed by atoms with Crippen LogP contribution in [-0.2, 0) is 14.3 Å². The van der Waals surface area contributed by atoms with Crippen molar-refractivity contribution in [2.75, 3.05) is 14.1 Å². The van der Waals surface area contributed by atoms with Crippen molar-refractivity contribution in [1.82, 2.24) is 4.90 Å². The highest BCUT2D eigenvalue weighted by Crippen LogP contribution is 2.21. The molecule has 1 aromatic carbocycles. The first kappa shape index (κ1) is 17.0. The van der Waals surface area contributed by atoms with Gasteiger partial charge in [-0.15, -0.1) is 0 Å². The molecule has 6 heteroatoms. The maximum Gasteiger partial charge on any atom is 0.350 e. The second-order valence-electron chi connectivity index (χ2n) is 5.11. The summed E-state index contributed by atoms with van der Waals surface area (Å²) in [6.07, 6.45) is 1.57. The maximum absolute atomic E-state index is 12.3. The summed E-state index contributed by atoms with van der Waals surface area (Å²) >= 11 is 0. The second-order valence-corrected chi connectivity index (χ2v) is 5.11. The molecule has 0 unspecified atom stereocenters. The third-order valence-corrected chi connectivity index (χ3v) is 3.16. The Bertz CT molecular complexity index is 771. The predicted molar refractivity (Wildman–Crippen MR) is 86.3 cm³/mol. The highest BCUT2D eigenvalue weighted by molar-refractivity contribution is 5.99. The normalized spacial score (nSPS) is 12.1. The fourth-order valence-corrected chi connectivity index (χ4v) is 1.95. The van der Waals surface area contributed by atoms with Crippen molar-refractivity contribution in [1.29, 1.82) is 5.26 Å². The van der Waals surface area contributed by atoms with Crippen molar-refractivity contribution >= 4 is 18.0 Å². The molecule has 2 aromatic rings. The van der Waals surface area contributed by atoms with Gasteiger partial charge < -0.3 is 14.1 Å². The molecule has 24 heavy (non-hydrogen) atoms. The zero-order chi connectivity index (χ0) is 17.5. The monoisotopic (exact) mass is 324 g/mol. The Morgan fingerprint density at radius 3 is 2.46 bits per heavy atom. The van der Waals surface area contributed by atoms with Crippen LogP contribution in [0.25, 0.3) is 6.08 Å². The number of nitriles is 1. The largest absolute Gasteiger partial charge is 0.465 e. The van der Waals surface area contributed by atoms with Gasteiger partial charge in [0.05, 0.1) is 6.26 Å². The van der Waals surface area contributed by atoms with E-state index < -0.39 is 18.0 Å². The summed E-state index contributed by atoms with van der Waals surface area (Å²) in [6, 6.07) is 13.6. The minimum absolute atomic E-state index is 0.252. The van der Waals surface area contributed by atoms with E-state index in [1.807, 2.05) is 0 Å². The third kappa shape index (κ3) is 4.11. The average Bonchev–Trinajstić information content (AvgIpc) is 3.10. The van der Waals surface area contributed by atoms with Crippen molar-refractivity contribution in [3.8, 4) is 6.07 Å². The van der Waals surface area contributed by atoms with E-state index in [1.165, 1.54) is 17.2 Å². The number of carbonyl (C=O) groups is 2. The first-order valence-corrected chi connectivity index (χ1v) is 7.15. The van der Waals surface area contributed by atoms with E-state index in [4.69, 9.17) is 9.15 Å². The Morgan fingerprint density at radius 2 is 1.92 bits per heavy atom. The van der Waals surface area contributed by atoms with Gasteiger partial charge in [0.15, 0.2) is 0 Å². The Labute approximate surface area is 139 Å². The number of rotatable bonds is 5. The lowest BCUT2D eigenvalue weighted by atomic mass is 10.1. The molecule has 6 nitrogen and oxygen atoms in total. The lowest BCUT2D eigenvalue weighted by molar-refractivity contribution is -0.156. The molecular weight excluding hydrogens is 308 g/mol. The molecule has 0 aliphatic rings. The third-order valence-electron chi connectivity index (χ3n) is 3.16. The van der Waals surface area contributed by atoms with Gasteiger partial charge in [-0.25, -0.2) is 4.79 Å². The van der Waals surface area contributed by atoms with E-state index in [1.54, 1.807) is 62.6 Å². The minimum atomic E-state index is -1.12. The van der Waals surface area contributed by atoms with Gasteiger partial charge in [-0.2, -0.15) is 5.26 Å². The van der Waals surface area contributed by atoms with Crippen molar-refractivity contribution < 1.29 is 18.7 Å². The van der Waals surface area contributed by atoms with Crippen molar-refractivity contribution in [3.05, 3.63) is 65.6 Å². The van der Waals surface area contributed by atoms with Crippen molar-refractivity contribution in [2.45, 2.75) is 6.10 Å². The van der Waals surface area contributed by atoms with Gasteiger partial charge in [-0.1, -0.05) is 30.3 Å². The van der Waals surface area contributed by atoms with Gasteiger partial charge in [0.25, 0.3) is 5.91 Å². The molecule has 0 N–H and O–H groups in total. The highest BCUT2D eigenvalue weighted by Gasteiger charge is 2.27. The fraction of sp³-hybridized carbons (Fsp3) is 0.167. The molecular formula is C18H16N2O4. The van der Waals surface area contributed by atoms with E-state index >= 15 is 0 Å². The molecule has 0 aliphatic carbocycles. The average molecular weight is 324 g/mol. The summed E-state index contributed by atoms with van der Waals surface area (Å²) in [5.74, 6) is -0.943. The van der Waals surface area contributed by atoms with Crippen LogP contribution in [0.15, 0.2) is 58.7 Å². The topological polar surface area (TPSA) is 83.5 Å². The molecule has 122 valence electrons. The molecule has 0 spiro atoms. The summed E-state index contributed by atoms with van der Waals surface area (Å²) in [7, 11) is 3.13. The smallest absolute Gasteiger partial charge is 0.350 e. The molecule has 0 aliphatic heterocycles. The van der Waals surface area contributed by atoms with Gasteiger partial charge in [0, 0.05) is 25.7 Å². The van der Waals surface area contributed by atoms with E-state index in [-0.39, 0.29) is 5.57 Å². The zero-order valence-electron chi connectivity index (χ0n) is 13.3. The van der Waals surface area contributed by atoms with Gasteiger partial charge in [0.2, 0.25) is 6.10 Å². The lowest BCUT2D eigenvalue weighted by Crippen LogP contribution is -2.31. The standard InChI is InChI=1S/C18H16N2O4/c1-20(2)17(21)16(13-7-4-3-5-8-13)24-18(22)14(12-19)11-15-9-6-10-23-15/h3-11,16H,1-2H3/b14-11+/t16-/m1/s1. The molecule has 0 saturated carbocycles. The highest BCUT2D eigenvalue weighted by atomic mass is 16.5. The zero-order valence-corrected chi connectivity index (χ0v) is 13.3. The summed E-state index contributed by atoms with van der Waals surface area (Å²) in [6.45, 7) is 0. The van der Waals surface area contributed by atoms with Crippen LogP contribution in [0.3, 0.4) is 0 Å². The van der Waals surface area contributed by atoms with Crippen LogP contribution in [0.2, 0.25) is 0 Å². The van der Waals surface area contributed by atoms with Gasteiger partial charge in [0.1, 0.15) is 17.4 Å². The molecule has 1 amide bonds. The first-order chi connectivity index (χ1) is 11.5. The molecule has 1 aromatic heterocycles. The molecule has 1 heterocycles. The molecule has 2 rings (SSSR count). The van der Waals surface area contributed by atoms with Crippen LogP contribution in [0.1, 0.15) is 17.4 Å². The van der Waals surface area contributed by atoms with E-state index in [9.17, 15) is 14.9 Å². The van der Waals surface area contributed by atoms with Crippen LogP contribution < -0.4 is 0 Å². The first-order valence-electron chi connectivity index (χ1n) is 7.15. The number of nitrogens with zero attached hydrogens (tertiary/aromatic N) is 2. The Balaban J connectivity index is 2.27. The molecule has 1 atom stereocenters. The summed E-state index contributed by atoms with van der Waals surface area (Å²) in [4.78, 5) is 25.9. The van der Waals surface area contributed by atoms with Crippen molar-refractivity contribution in [3.63, 3.8) is 0 Å². The lowest BCUT2D eigenvalue weighted by Gasteiger charge is -2.21. The van der Waals surface area contributed by atoms with Crippen molar-refractivity contribution in [2.24, 2.45) is 0 Å². The number of hydrogen-bond acceptors (Lipinski definition) is 5. The number of furan rings is 1. The Kier molecular flexibility index (Phi) is 5.53. The predicted octanol–water partition coefficient (Wildman–Crippen LogP) is 2.56.